The summed E-state index contributed by atoms with van der Waals surface area (Å²) < 4.78 is 10.5. The molecule has 186 valence electrons. The van der Waals surface area contributed by atoms with Crippen LogP contribution in [0, 0.1) is 5.92 Å². The van der Waals surface area contributed by atoms with Crippen molar-refractivity contribution in [3.8, 4) is 11.1 Å². The van der Waals surface area contributed by atoms with Gasteiger partial charge >= 0.3 is 12.1 Å². The molecule has 0 radical (unpaired) electrons. The molecule has 2 aromatic carbocycles. The van der Waals surface area contributed by atoms with Gasteiger partial charge < -0.3 is 25.2 Å². The largest absolute Gasteiger partial charge is 0.479 e. The molecule has 0 bridgehead atoms. The van der Waals surface area contributed by atoms with Crippen LogP contribution in [0.25, 0.3) is 11.1 Å². The highest BCUT2D eigenvalue weighted by molar-refractivity contribution is 5.79. The summed E-state index contributed by atoms with van der Waals surface area (Å²) in [6.07, 6.45) is 2.19. The first-order valence-electron chi connectivity index (χ1n) is 12.1. The number of carboxylic acids is 1. The fourth-order valence-corrected chi connectivity index (χ4v) is 5.22. The van der Waals surface area contributed by atoms with Crippen LogP contribution in [0.2, 0.25) is 0 Å². The Hall–Kier alpha value is -3.39. The Kier molecular flexibility index (Phi) is 8.02. The van der Waals surface area contributed by atoms with Gasteiger partial charge in [-0.1, -0.05) is 61.4 Å². The molecule has 0 aliphatic heterocycles. The van der Waals surface area contributed by atoms with Crippen molar-refractivity contribution >= 4 is 18.0 Å². The predicted octanol–water partition coefficient (Wildman–Crippen LogP) is 3.69. The molecule has 0 spiro atoms. The molecule has 0 saturated heterocycles. The summed E-state index contributed by atoms with van der Waals surface area (Å²) in [7, 11) is 1.29. The van der Waals surface area contributed by atoms with E-state index in [0.717, 1.165) is 36.8 Å². The van der Waals surface area contributed by atoms with Crippen LogP contribution in [-0.4, -0.2) is 55.5 Å². The van der Waals surface area contributed by atoms with E-state index in [1.54, 1.807) is 0 Å². The van der Waals surface area contributed by atoms with Gasteiger partial charge in [0, 0.05) is 25.5 Å². The van der Waals surface area contributed by atoms with Crippen molar-refractivity contribution in [3.63, 3.8) is 0 Å². The van der Waals surface area contributed by atoms with Crippen LogP contribution in [0.4, 0.5) is 4.79 Å². The van der Waals surface area contributed by atoms with E-state index in [1.165, 1.54) is 18.2 Å². The number of hydrogen-bond acceptors (Lipinski definition) is 5. The molecular formula is C27H32N2O6. The second kappa shape index (κ2) is 11.4. The van der Waals surface area contributed by atoms with E-state index in [0.29, 0.717) is 0 Å². The Labute approximate surface area is 205 Å². The van der Waals surface area contributed by atoms with Gasteiger partial charge in [-0.25, -0.2) is 9.59 Å². The van der Waals surface area contributed by atoms with Crippen molar-refractivity contribution in [2.24, 2.45) is 5.92 Å². The van der Waals surface area contributed by atoms with Crippen molar-refractivity contribution in [1.82, 2.24) is 10.6 Å². The van der Waals surface area contributed by atoms with Gasteiger partial charge in [0.15, 0.2) is 6.10 Å². The van der Waals surface area contributed by atoms with Crippen LogP contribution in [0.5, 0.6) is 0 Å². The van der Waals surface area contributed by atoms with E-state index in [4.69, 9.17) is 14.6 Å². The molecule has 2 aliphatic carbocycles. The fraction of sp³-hybridized carbons (Fsp3) is 0.444. The lowest BCUT2D eigenvalue weighted by Gasteiger charge is -2.31. The number of carboxylic acid groups (broad SMARTS) is 1. The topological polar surface area (TPSA) is 114 Å². The maximum absolute atomic E-state index is 12.7. The highest BCUT2D eigenvalue weighted by Gasteiger charge is 2.31. The fourth-order valence-electron chi connectivity index (χ4n) is 5.22. The second-order valence-corrected chi connectivity index (χ2v) is 9.19. The van der Waals surface area contributed by atoms with E-state index in [-0.39, 0.29) is 43.4 Å². The average Bonchev–Trinajstić information content (AvgIpc) is 3.18. The lowest BCUT2D eigenvalue weighted by molar-refractivity contribution is -0.148. The molecule has 3 N–H and O–H groups in total. The molecule has 8 nitrogen and oxygen atoms in total. The molecule has 0 aromatic heterocycles. The number of amides is 2. The van der Waals surface area contributed by atoms with Gasteiger partial charge in [0.1, 0.15) is 6.61 Å². The number of rotatable bonds is 9. The number of methoxy groups -OCH3 is 1. The smallest absolute Gasteiger partial charge is 0.407 e. The van der Waals surface area contributed by atoms with Crippen molar-refractivity contribution in [3.05, 3.63) is 59.7 Å². The minimum Gasteiger partial charge on any atom is -0.479 e. The molecule has 35 heavy (non-hydrogen) atoms. The van der Waals surface area contributed by atoms with Gasteiger partial charge in [0.25, 0.3) is 0 Å². The lowest BCUT2D eigenvalue weighted by Crippen LogP contribution is -2.45. The van der Waals surface area contributed by atoms with Gasteiger partial charge in [0.05, 0.1) is 6.54 Å². The summed E-state index contributed by atoms with van der Waals surface area (Å²) >= 11 is 0. The lowest BCUT2D eigenvalue weighted by atomic mass is 9.82. The Morgan fingerprint density at radius 1 is 1.00 bits per heavy atom. The molecular weight excluding hydrogens is 448 g/mol. The van der Waals surface area contributed by atoms with Crippen molar-refractivity contribution < 1.29 is 29.0 Å². The van der Waals surface area contributed by atoms with E-state index in [9.17, 15) is 14.4 Å². The van der Waals surface area contributed by atoms with Crippen molar-refractivity contribution in [2.75, 3.05) is 20.3 Å². The Balaban J connectivity index is 1.32. The number of carbonyl (C=O) groups excluding carboxylic acids is 2. The molecule has 0 heterocycles. The Morgan fingerprint density at radius 2 is 1.63 bits per heavy atom. The number of aliphatic carboxylic acids is 1. The zero-order valence-electron chi connectivity index (χ0n) is 19.9. The number of ether oxygens (including phenoxy) is 2. The summed E-state index contributed by atoms with van der Waals surface area (Å²) in [6.45, 7) is 0.146. The third kappa shape index (κ3) is 5.82. The highest BCUT2D eigenvalue weighted by atomic mass is 16.5. The number of hydrogen-bond donors (Lipinski definition) is 3. The first kappa shape index (κ1) is 24.7. The van der Waals surface area contributed by atoms with E-state index < -0.39 is 18.2 Å². The maximum atomic E-state index is 12.7. The molecule has 2 amide bonds. The van der Waals surface area contributed by atoms with Gasteiger partial charge in [0.2, 0.25) is 5.91 Å². The van der Waals surface area contributed by atoms with Crippen molar-refractivity contribution in [2.45, 2.75) is 50.2 Å². The summed E-state index contributed by atoms with van der Waals surface area (Å²) in [6, 6.07) is 16.2. The maximum Gasteiger partial charge on any atom is 0.407 e. The Morgan fingerprint density at radius 3 is 2.26 bits per heavy atom. The van der Waals surface area contributed by atoms with Gasteiger partial charge in [-0.05, 0) is 41.0 Å². The van der Waals surface area contributed by atoms with E-state index in [2.05, 4.69) is 34.9 Å². The molecule has 1 fully saturated rings. The number of alkyl carbamates (subject to hydrolysis) is 1. The molecule has 1 unspecified atom stereocenters. The third-order valence-electron chi connectivity index (χ3n) is 7.05. The minimum absolute atomic E-state index is 0.0101. The molecule has 1 saturated carbocycles. The molecule has 8 heteroatoms. The second-order valence-electron chi connectivity index (χ2n) is 9.19. The quantitative estimate of drug-likeness (QED) is 0.504. The summed E-state index contributed by atoms with van der Waals surface area (Å²) in [5, 5.41) is 14.7. The van der Waals surface area contributed by atoms with Crippen LogP contribution in [-0.2, 0) is 19.1 Å². The monoisotopic (exact) mass is 480 g/mol. The van der Waals surface area contributed by atoms with Gasteiger partial charge in [-0.2, -0.15) is 0 Å². The van der Waals surface area contributed by atoms with Gasteiger partial charge in [-0.3, -0.25) is 4.79 Å². The van der Waals surface area contributed by atoms with Gasteiger partial charge in [-0.15, -0.1) is 0 Å². The van der Waals surface area contributed by atoms with Crippen LogP contribution in [0.3, 0.4) is 0 Å². The summed E-state index contributed by atoms with van der Waals surface area (Å²) in [4.78, 5) is 36.2. The SMILES string of the molecule is COC(CNC(=O)C[C@@H]1CCCC[C@@H]1NC(=O)OCC1c2ccccc2-c2ccccc21)C(=O)O. The normalized spacial score (nSPS) is 19.8. The minimum atomic E-state index is -1.12. The first-order valence-corrected chi connectivity index (χ1v) is 12.1. The zero-order valence-corrected chi connectivity index (χ0v) is 19.9. The third-order valence-corrected chi connectivity index (χ3v) is 7.05. The predicted molar refractivity (Wildman–Crippen MR) is 130 cm³/mol. The number of carbonyl (C=O) groups is 3. The molecule has 2 aliphatic rings. The van der Waals surface area contributed by atoms with Crippen LogP contribution in [0.15, 0.2) is 48.5 Å². The van der Waals surface area contributed by atoms with E-state index >= 15 is 0 Å². The first-order chi connectivity index (χ1) is 17.0. The van der Waals surface area contributed by atoms with Crippen LogP contribution in [0.1, 0.15) is 49.1 Å². The molecule has 4 rings (SSSR count). The molecule has 2 aromatic rings. The average molecular weight is 481 g/mol. The van der Waals surface area contributed by atoms with E-state index in [1.807, 2.05) is 24.3 Å². The van der Waals surface area contributed by atoms with Crippen LogP contribution < -0.4 is 10.6 Å². The Bertz CT molecular complexity index is 1030. The van der Waals surface area contributed by atoms with Crippen molar-refractivity contribution in [1.29, 1.82) is 0 Å². The molecule has 3 atom stereocenters. The highest BCUT2D eigenvalue weighted by Crippen LogP contribution is 2.44. The number of benzene rings is 2. The van der Waals surface area contributed by atoms with Crippen LogP contribution >= 0.6 is 0 Å². The number of fused-ring (bicyclic) bond motifs is 3. The standard InChI is InChI=1S/C27H32N2O6/c1-34-24(26(31)32)15-28-25(30)14-17-8-2-7-13-23(17)29-27(33)35-16-22-20-11-5-3-9-18(20)19-10-4-6-12-21(19)22/h3-6,9-12,17,22-24H,2,7-8,13-16H2,1H3,(H,28,30)(H,29,33)(H,31,32)/t17-,23-,24?/m0/s1. The summed E-state index contributed by atoms with van der Waals surface area (Å²) in [5.74, 6) is -1.42. The zero-order chi connectivity index (χ0) is 24.8. The summed E-state index contributed by atoms with van der Waals surface area (Å²) in [5.41, 5.74) is 4.66. The number of nitrogens with one attached hydrogen (secondary N) is 2.